The molecule has 0 saturated carbocycles. The van der Waals surface area contributed by atoms with Crippen LogP contribution >= 0.6 is 0 Å². The van der Waals surface area contributed by atoms with Gasteiger partial charge in [-0.1, -0.05) is 109 Å². The predicted molar refractivity (Wildman–Crippen MR) is 189 cm³/mol. The Bertz CT molecular complexity index is 2780. The van der Waals surface area contributed by atoms with Crippen LogP contribution in [0.1, 0.15) is 0 Å². The van der Waals surface area contributed by atoms with Crippen LogP contribution in [0.3, 0.4) is 0 Å². The number of furan rings is 1. The van der Waals surface area contributed by atoms with Crippen molar-refractivity contribution in [2.24, 2.45) is 0 Å². The SMILES string of the molecule is c1ccc(-n2c3cccc4c5ccccc5c(cc43)n(-c3cc4ccccc4o3)c3cccc4c5ccccc5c2cc43)cc1. The highest BCUT2D eigenvalue weighted by Gasteiger charge is 2.18. The Morgan fingerprint density at radius 2 is 0.822 bits per heavy atom. The lowest BCUT2D eigenvalue weighted by atomic mass is 9.97. The Morgan fingerprint density at radius 1 is 0.333 bits per heavy atom. The number of para-hydroxylation sites is 2. The van der Waals surface area contributed by atoms with E-state index in [0.717, 1.165) is 50.0 Å². The molecular formula is C42H26N2O. The van der Waals surface area contributed by atoms with Gasteiger partial charge in [-0.25, -0.2) is 0 Å². The summed E-state index contributed by atoms with van der Waals surface area (Å²) in [4.78, 5) is 0. The average molecular weight is 575 g/mol. The van der Waals surface area contributed by atoms with Crippen molar-refractivity contribution in [2.75, 3.05) is 0 Å². The van der Waals surface area contributed by atoms with Crippen molar-refractivity contribution in [3.05, 3.63) is 158 Å². The third kappa shape index (κ3) is 3.46. The summed E-state index contributed by atoms with van der Waals surface area (Å²) in [5.41, 5.74) is 6.44. The maximum absolute atomic E-state index is 6.69. The summed E-state index contributed by atoms with van der Waals surface area (Å²) < 4.78 is 11.5. The Morgan fingerprint density at radius 3 is 1.47 bits per heavy atom. The zero-order valence-corrected chi connectivity index (χ0v) is 24.3. The summed E-state index contributed by atoms with van der Waals surface area (Å²) in [6.07, 6.45) is 0. The second-order valence-electron chi connectivity index (χ2n) is 11.8. The van der Waals surface area contributed by atoms with Crippen LogP contribution in [0.4, 0.5) is 0 Å². The third-order valence-corrected chi connectivity index (χ3v) is 9.33. The van der Waals surface area contributed by atoms with E-state index in [1.54, 1.807) is 0 Å². The van der Waals surface area contributed by atoms with E-state index in [2.05, 4.69) is 155 Å². The predicted octanol–water partition coefficient (Wildman–Crippen LogP) is 11.5. The highest BCUT2D eigenvalue weighted by Crippen LogP contribution is 2.40. The monoisotopic (exact) mass is 574 g/mol. The largest absolute Gasteiger partial charge is 0.440 e. The molecule has 10 aromatic rings. The molecule has 0 aliphatic heterocycles. The van der Waals surface area contributed by atoms with Gasteiger partial charge in [0.2, 0.25) is 5.88 Å². The van der Waals surface area contributed by atoms with Crippen molar-refractivity contribution in [1.29, 1.82) is 0 Å². The molecule has 2 aromatic heterocycles. The van der Waals surface area contributed by atoms with Crippen LogP contribution in [0.5, 0.6) is 0 Å². The van der Waals surface area contributed by atoms with Gasteiger partial charge in [0.15, 0.2) is 0 Å². The summed E-state index contributed by atoms with van der Waals surface area (Å²) in [6.45, 7) is 0. The molecule has 2 heterocycles. The molecule has 0 aliphatic carbocycles. The van der Waals surface area contributed by atoms with E-state index < -0.39 is 0 Å². The van der Waals surface area contributed by atoms with Gasteiger partial charge in [0, 0.05) is 38.7 Å². The van der Waals surface area contributed by atoms with Crippen molar-refractivity contribution < 1.29 is 4.42 Å². The molecule has 0 fully saturated rings. The second-order valence-corrected chi connectivity index (χ2v) is 11.8. The topological polar surface area (TPSA) is 23.0 Å². The molecule has 8 bridgehead atoms. The van der Waals surface area contributed by atoms with Gasteiger partial charge < -0.3 is 8.98 Å². The summed E-state index contributed by atoms with van der Waals surface area (Å²) in [5, 5.41) is 10.7. The molecule has 3 heteroatoms. The summed E-state index contributed by atoms with van der Waals surface area (Å²) in [6, 6.07) is 56.8. The van der Waals surface area contributed by atoms with E-state index in [1.807, 2.05) is 12.1 Å². The van der Waals surface area contributed by atoms with Crippen molar-refractivity contribution in [3.8, 4) is 11.6 Å². The Kier molecular flexibility index (Phi) is 5.00. The smallest absolute Gasteiger partial charge is 0.205 e. The number of rotatable bonds is 2. The van der Waals surface area contributed by atoms with Crippen LogP contribution in [0.2, 0.25) is 0 Å². The minimum atomic E-state index is 0.792. The quantitative estimate of drug-likeness (QED) is 0.188. The maximum Gasteiger partial charge on any atom is 0.205 e. The molecule has 0 aliphatic rings. The number of fused-ring (bicyclic) bond motifs is 1. The molecule has 0 saturated heterocycles. The van der Waals surface area contributed by atoms with Crippen molar-refractivity contribution in [1.82, 2.24) is 9.13 Å². The molecule has 45 heavy (non-hydrogen) atoms. The molecule has 0 N–H and O–H groups in total. The molecule has 0 spiro atoms. The van der Waals surface area contributed by atoms with Gasteiger partial charge in [-0.2, -0.15) is 0 Å². The number of hydrogen-bond acceptors (Lipinski definition) is 1. The number of hydrogen-bond donors (Lipinski definition) is 0. The first-order valence-corrected chi connectivity index (χ1v) is 15.4. The first-order valence-electron chi connectivity index (χ1n) is 15.4. The van der Waals surface area contributed by atoms with Crippen molar-refractivity contribution in [3.63, 3.8) is 0 Å². The molecule has 0 atom stereocenters. The fourth-order valence-corrected chi connectivity index (χ4v) is 7.38. The van der Waals surface area contributed by atoms with Gasteiger partial charge in [-0.05, 0) is 64.0 Å². The van der Waals surface area contributed by atoms with Gasteiger partial charge in [-0.15, -0.1) is 0 Å². The summed E-state index contributed by atoms with van der Waals surface area (Å²) in [7, 11) is 0. The minimum absolute atomic E-state index is 0.792. The van der Waals surface area contributed by atoms with Crippen LogP contribution in [-0.4, -0.2) is 9.13 Å². The summed E-state index contributed by atoms with van der Waals surface area (Å²) >= 11 is 0. The first kappa shape index (κ1) is 24.4. The van der Waals surface area contributed by atoms with Crippen LogP contribution in [0.15, 0.2) is 162 Å². The normalized spacial score (nSPS) is 12.0. The molecular weight excluding hydrogens is 548 g/mol. The van der Waals surface area contributed by atoms with E-state index >= 15 is 0 Å². The third-order valence-electron chi connectivity index (χ3n) is 9.33. The second kappa shape index (κ2) is 9.22. The Hall–Kier alpha value is -6.06. The first-order chi connectivity index (χ1) is 22.3. The number of benzene rings is 8. The molecule has 10 rings (SSSR count). The van der Waals surface area contributed by atoms with Gasteiger partial charge >= 0.3 is 0 Å². The van der Waals surface area contributed by atoms with E-state index in [1.165, 1.54) is 37.7 Å². The maximum atomic E-state index is 6.69. The lowest BCUT2D eigenvalue weighted by Gasteiger charge is -2.20. The number of aromatic nitrogens is 2. The van der Waals surface area contributed by atoms with Gasteiger partial charge in [0.05, 0.1) is 22.1 Å². The highest BCUT2D eigenvalue weighted by atomic mass is 16.4. The van der Waals surface area contributed by atoms with E-state index in [-0.39, 0.29) is 0 Å². The average Bonchev–Trinajstić information content (AvgIpc) is 3.53. The molecule has 8 aromatic carbocycles. The minimum Gasteiger partial charge on any atom is -0.440 e. The van der Waals surface area contributed by atoms with E-state index in [4.69, 9.17) is 4.42 Å². The Balaban J connectivity index is 1.60. The zero-order chi connectivity index (χ0) is 29.5. The fourth-order valence-electron chi connectivity index (χ4n) is 7.38. The molecule has 0 radical (unpaired) electrons. The lowest BCUT2D eigenvalue weighted by molar-refractivity contribution is 0.589. The van der Waals surface area contributed by atoms with E-state index in [9.17, 15) is 0 Å². The Labute approximate surface area is 258 Å². The van der Waals surface area contributed by atoms with Crippen LogP contribution in [-0.2, 0) is 0 Å². The van der Waals surface area contributed by atoms with Gasteiger partial charge in [0.1, 0.15) is 5.58 Å². The van der Waals surface area contributed by atoms with Crippen molar-refractivity contribution in [2.45, 2.75) is 0 Å². The highest BCUT2D eigenvalue weighted by molar-refractivity contribution is 6.22. The standard InChI is InChI=1S/C42H26N2O/c1-2-13-28(14-3-1)43-37-21-10-19-31-30-16-6-8-18-34(30)40(26-35(31)37)44(42-24-27-12-4-9-23-41(27)45-42)38-22-11-20-32-29-15-5-7-17-33(29)39(43)25-36(32)38/h1-26H. The van der Waals surface area contributed by atoms with Crippen molar-refractivity contribution >= 4 is 76.1 Å². The molecule has 0 unspecified atom stereocenters. The molecule has 210 valence electrons. The van der Waals surface area contributed by atoms with Crippen LogP contribution in [0.25, 0.3) is 87.7 Å². The molecule has 3 nitrogen and oxygen atoms in total. The van der Waals surface area contributed by atoms with Gasteiger partial charge in [-0.3, -0.25) is 4.57 Å². The number of nitrogens with zero attached hydrogens (tertiary/aromatic N) is 2. The zero-order valence-electron chi connectivity index (χ0n) is 24.3. The molecule has 0 amide bonds. The summed E-state index contributed by atoms with van der Waals surface area (Å²) in [5.74, 6) is 0.792. The van der Waals surface area contributed by atoms with Crippen LogP contribution in [0, 0.1) is 0 Å². The lowest BCUT2D eigenvalue weighted by Crippen LogP contribution is -2.02. The van der Waals surface area contributed by atoms with Crippen LogP contribution < -0.4 is 0 Å². The van der Waals surface area contributed by atoms with Gasteiger partial charge in [0.25, 0.3) is 0 Å². The van der Waals surface area contributed by atoms with E-state index in [0.29, 0.717) is 0 Å². The fraction of sp³-hybridized carbons (Fsp3) is 0.